The number of nitrogens with one attached hydrogen (secondary N) is 2. The molecule has 0 radical (unpaired) electrons. The predicted molar refractivity (Wildman–Crippen MR) is 119 cm³/mol. The predicted octanol–water partition coefficient (Wildman–Crippen LogP) is 1.80. The number of amides is 1. The fourth-order valence-corrected chi connectivity index (χ4v) is 3.99. The van der Waals surface area contributed by atoms with Gasteiger partial charge in [0.1, 0.15) is 11.2 Å². The Bertz CT molecular complexity index is 1230. The summed E-state index contributed by atoms with van der Waals surface area (Å²) in [4.78, 5) is 38.6. The maximum Gasteiger partial charge on any atom is 0.311 e. The number of aromatic nitrogens is 3. The molecule has 168 valence electrons. The molecule has 9 nitrogen and oxygen atoms in total. The van der Waals surface area contributed by atoms with Crippen LogP contribution in [0.1, 0.15) is 16.1 Å². The molecule has 0 bridgehead atoms. The number of ether oxygens (including phenoxy) is 1. The monoisotopic (exact) mass is 460 g/mol. The van der Waals surface area contributed by atoms with Crippen molar-refractivity contribution in [1.29, 1.82) is 0 Å². The van der Waals surface area contributed by atoms with Gasteiger partial charge >= 0.3 is 5.56 Å². The summed E-state index contributed by atoms with van der Waals surface area (Å²) in [7, 11) is 2.88. The molecule has 4 rings (SSSR count). The lowest BCUT2D eigenvalue weighted by Crippen LogP contribution is -2.46. The van der Waals surface area contributed by atoms with E-state index in [1.165, 1.54) is 14.2 Å². The summed E-state index contributed by atoms with van der Waals surface area (Å²) >= 11 is 6.30. The first kappa shape index (κ1) is 22.0. The van der Waals surface area contributed by atoms with Crippen LogP contribution in [0.5, 0.6) is 5.88 Å². The topological polar surface area (TPSA) is 103 Å². The van der Waals surface area contributed by atoms with E-state index in [0.29, 0.717) is 43.8 Å². The third-order valence-corrected chi connectivity index (χ3v) is 5.72. The number of pyridine rings is 1. The van der Waals surface area contributed by atoms with Gasteiger partial charge in [-0.15, -0.1) is 0 Å². The highest BCUT2D eigenvalue weighted by Crippen LogP contribution is 2.26. The summed E-state index contributed by atoms with van der Waals surface area (Å²) in [6.07, 6.45) is 0. The van der Waals surface area contributed by atoms with Gasteiger partial charge in [0.25, 0.3) is 11.8 Å². The lowest BCUT2D eigenvalue weighted by Gasteiger charge is -2.36. The number of hydrogen-bond donors (Lipinski definition) is 2. The van der Waals surface area contributed by atoms with E-state index >= 15 is 4.39 Å². The number of hydrogen-bond acceptors (Lipinski definition) is 7. The van der Waals surface area contributed by atoms with Crippen LogP contribution in [0.25, 0.3) is 11.0 Å². The van der Waals surface area contributed by atoms with Crippen molar-refractivity contribution in [3.05, 3.63) is 56.8 Å². The van der Waals surface area contributed by atoms with Crippen LogP contribution < -0.4 is 20.5 Å². The zero-order valence-electron chi connectivity index (χ0n) is 17.6. The second-order valence-electron chi connectivity index (χ2n) is 7.36. The van der Waals surface area contributed by atoms with Gasteiger partial charge in [-0.05, 0) is 18.2 Å². The molecule has 3 heterocycles. The van der Waals surface area contributed by atoms with Crippen molar-refractivity contribution in [3.8, 4) is 5.88 Å². The van der Waals surface area contributed by atoms with Crippen molar-refractivity contribution in [2.24, 2.45) is 0 Å². The third-order valence-electron chi connectivity index (χ3n) is 5.44. The number of halogens is 2. The Balaban J connectivity index is 1.45. The maximum atomic E-state index is 15.0. The van der Waals surface area contributed by atoms with E-state index in [9.17, 15) is 9.59 Å². The summed E-state index contributed by atoms with van der Waals surface area (Å²) in [6.45, 7) is 3.10. The van der Waals surface area contributed by atoms with Gasteiger partial charge in [-0.25, -0.2) is 14.4 Å². The van der Waals surface area contributed by atoms with E-state index in [0.717, 1.165) is 5.69 Å². The van der Waals surface area contributed by atoms with E-state index in [-0.39, 0.29) is 28.2 Å². The zero-order valence-corrected chi connectivity index (χ0v) is 18.4. The van der Waals surface area contributed by atoms with Crippen molar-refractivity contribution >= 4 is 34.2 Å². The van der Waals surface area contributed by atoms with Crippen molar-refractivity contribution in [2.45, 2.75) is 6.54 Å². The first-order valence-electron chi connectivity index (χ1n) is 10.0. The molecule has 1 fully saturated rings. The lowest BCUT2D eigenvalue weighted by molar-refractivity contribution is 0.0958. The highest BCUT2D eigenvalue weighted by atomic mass is 35.5. The zero-order chi connectivity index (χ0) is 22.8. The first-order valence-corrected chi connectivity index (χ1v) is 10.4. The largest absolute Gasteiger partial charge is 0.477 e. The van der Waals surface area contributed by atoms with Crippen LogP contribution in [0.15, 0.2) is 29.1 Å². The van der Waals surface area contributed by atoms with Crippen LogP contribution in [-0.2, 0) is 6.54 Å². The van der Waals surface area contributed by atoms with Crippen LogP contribution in [0.3, 0.4) is 0 Å². The molecular formula is C21H22ClFN6O3. The molecule has 0 saturated carbocycles. The second-order valence-corrected chi connectivity index (χ2v) is 7.71. The van der Waals surface area contributed by atoms with E-state index < -0.39 is 11.4 Å². The van der Waals surface area contributed by atoms with Gasteiger partial charge in [-0.3, -0.25) is 14.5 Å². The van der Waals surface area contributed by atoms with Gasteiger partial charge in [-0.1, -0.05) is 17.7 Å². The Morgan fingerprint density at radius 2 is 1.97 bits per heavy atom. The molecule has 11 heteroatoms. The van der Waals surface area contributed by atoms with E-state index in [2.05, 4.69) is 30.1 Å². The Hall–Kier alpha value is -3.24. The number of H-pyrrole nitrogens is 1. The average molecular weight is 461 g/mol. The minimum atomic E-state index is -0.572. The molecule has 2 aromatic heterocycles. The number of fused-ring (bicyclic) bond motifs is 1. The summed E-state index contributed by atoms with van der Waals surface area (Å²) in [6, 6.07) is 6.77. The minimum absolute atomic E-state index is 0.0704. The maximum absolute atomic E-state index is 15.0. The van der Waals surface area contributed by atoms with Crippen LogP contribution in [0.2, 0.25) is 5.15 Å². The number of carbonyl (C=O) groups excluding carboxylic acids is 1. The quantitative estimate of drug-likeness (QED) is 0.559. The molecular weight excluding hydrogens is 439 g/mol. The number of aromatic amines is 1. The van der Waals surface area contributed by atoms with Gasteiger partial charge in [0, 0.05) is 45.3 Å². The molecule has 0 unspecified atom stereocenters. The summed E-state index contributed by atoms with van der Waals surface area (Å²) in [5.74, 6) is -0.887. The van der Waals surface area contributed by atoms with E-state index in [1.807, 2.05) is 0 Å². The fraction of sp³-hybridized carbons (Fsp3) is 0.333. The van der Waals surface area contributed by atoms with Crippen molar-refractivity contribution < 1.29 is 13.9 Å². The highest BCUT2D eigenvalue weighted by molar-refractivity contribution is 6.32. The van der Waals surface area contributed by atoms with Crippen LogP contribution in [0.4, 0.5) is 10.1 Å². The lowest BCUT2D eigenvalue weighted by atomic mass is 10.1. The van der Waals surface area contributed by atoms with Crippen molar-refractivity contribution in [1.82, 2.24) is 25.2 Å². The molecule has 1 aliphatic heterocycles. The number of rotatable bonds is 5. The summed E-state index contributed by atoms with van der Waals surface area (Å²) in [5, 5.41) is 2.79. The average Bonchev–Trinajstić information content (AvgIpc) is 2.81. The minimum Gasteiger partial charge on any atom is -0.477 e. The number of nitrogens with zero attached hydrogens (tertiary/aromatic N) is 4. The van der Waals surface area contributed by atoms with Gasteiger partial charge in [0.05, 0.1) is 18.3 Å². The summed E-state index contributed by atoms with van der Waals surface area (Å²) in [5.41, 5.74) is 1.32. The molecule has 0 atom stereocenters. The number of methoxy groups -OCH3 is 1. The Labute approximate surface area is 188 Å². The third kappa shape index (κ3) is 4.23. The standard InChI is InChI=1S/C21H22ClFN6O3/c1-24-19(30)14-5-6-15(18(22)25-14)29-9-7-28(8-10-29)11-12-3-4-13-17(16(12)23)27-20(31)21(26-13)32-2/h3-6H,7-11H2,1-2H3,(H,24,30)(H,27,31). The van der Waals surface area contributed by atoms with Crippen LogP contribution in [0, 0.1) is 5.82 Å². The number of piperazine rings is 1. The van der Waals surface area contributed by atoms with Gasteiger partial charge in [-0.2, -0.15) is 0 Å². The SMILES string of the molecule is CNC(=O)c1ccc(N2CCN(Cc3ccc4nc(OC)c(=O)[nH]c4c3F)CC2)c(Cl)n1. The molecule has 1 saturated heterocycles. The van der Waals surface area contributed by atoms with Crippen molar-refractivity contribution in [3.63, 3.8) is 0 Å². The second kappa shape index (κ2) is 9.09. The summed E-state index contributed by atoms with van der Waals surface area (Å²) < 4.78 is 19.9. The molecule has 1 amide bonds. The number of benzene rings is 1. The smallest absolute Gasteiger partial charge is 0.311 e. The normalized spacial score (nSPS) is 14.6. The van der Waals surface area contributed by atoms with E-state index in [1.54, 1.807) is 24.3 Å². The highest BCUT2D eigenvalue weighted by Gasteiger charge is 2.22. The van der Waals surface area contributed by atoms with Crippen LogP contribution >= 0.6 is 11.6 Å². The van der Waals surface area contributed by atoms with Crippen molar-refractivity contribution in [2.75, 3.05) is 45.2 Å². The molecule has 0 aliphatic carbocycles. The fourth-order valence-electron chi connectivity index (χ4n) is 3.71. The number of carbonyl (C=O) groups is 1. The number of anilines is 1. The van der Waals surface area contributed by atoms with Crippen LogP contribution in [-0.4, -0.2) is 66.1 Å². The Morgan fingerprint density at radius 1 is 1.22 bits per heavy atom. The van der Waals surface area contributed by atoms with Gasteiger partial charge < -0.3 is 19.9 Å². The Morgan fingerprint density at radius 3 is 2.62 bits per heavy atom. The molecule has 1 aliphatic rings. The Kier molecular flexibility index (Phi) is 6.24. The molecule has 3 aromatic rings. The molecule has 32 heavy (non-hydrogen) atoms. The van der Waals surface area contributed by atoms with Gasteiger partial charge in [0.2, 0.25) is 0 Å². The molecule has 2 N–H and O–H groups in total. The first-order chi connectivity index (χ1) is 15.4. The molecule has 0 spiro atoms. The molecule has 1 aromatic carbocycles. The van der Waals surface area contributed by atoms with E-state index in [4.69, 9.17) is 16.3 Å². The van der Waals surface area contributed by atoms with Gasteiger partial charge in [0.15, 0.2) is 11.0 Å².